The highest BCUT2D eigenvalue weighted by atomic mass is 16.5. The molecule has 2 aromatic rings. The predicted molar refractivity (Wildman–Crippen MR) is 126 cm³/mol. The lowest BCUT2D eigenvalue weighted by Gasteiger charge is -2.26. The Bertz CT molecular complexity index is 864. The Hall–Kier alpha value is -3.06. The summed E-state index contributed by atoms with van der Waals surface area (Å²) in [6, 6.07) is 14.6. The van der Waals surface area contributed by atoms with E-state index in [4.69, 9.17) is 9.47 Å². The third-order valence-electron chi connectivity index (χ3n) is 5.27. The van der Waals surface area contributed by atoms with Crippen molar-refractivity contribution in [2.75, 3.05) is 50.1 Å². The maximum absolute atomic E-state index is 12.5. The van der Waals surface area contributed by atoms with Crippen molar-refractivity contribution in [2.45, 2.75) is 32.6 Å². The first-order valence-electron chi connectivity index (χ1n) is 11.4. The molecule has 2 N–H and O–H groups in total. The van der Waals surface area contributed by atoms with Gasteiger partial charge in [-0.2, -0.15) is 0 Å². The molecule has 1 saturated heterocycles. The quantitative estimate of drug-likeness (QED) is 0.514. The van der Waals surface area contributed by atoms with Crippen molar-refractivity contribution in [1.82, 2.24) is 4.90 Å². The van der Waals surface area contributed by atoms with E-state index in [1.54, 1.807) is 17.0 Å². The van der Waals surface area contributed by atoms with Crippen LogP contribution >= 0.6 is 0 Å². The van der Waals surface area contributed by atoms with Crippen LogP contribution in [0.15, 0.2) is 48.5 Å². The molecule has 172 valence electrons. The second-order valence-corrected chi connectivity index (χ2v) is 7.82. The van der Waals surface area contributed by atoms with Crippen LogP contribution in [0.2, 0.25) is 0 Å². The highest BCUT2D eigenvalue weighted by molar-refractivity contribution is 5.95. The molecule has 1 aliphatic rings. The van der Waals surface area contributed by atoms with Crippen LogP contribution in [0.3, 0.4) is 0 Å². The number of rotatable bonds is 11. The zero-order valence-corrected chi connectivity index (χ0v) is 18.8. The molecule has 0 spiro atoms. The van der Waals surface area contributed by atoms with Crippen LogP contribution in [0, 0.1) is 0 Å². The van der Waals surface area contributed by atoms with Gasteiger partial charge in [0.15, 0.2) is 0 Å². The fourth-order valence-electron chi connectivity index (χ4n) is 3.45. The summed E-state index contributed by atoms with van der Waals surface area (Å²) in [7, 11) is 0. The largest absolute Gasteiger partial charge is 0.494 e. The van der Waals surface area contributed by atoms with E-state index in [-0.39, 0.29) is 18.4 Å². The van der Waals surface area contributed by atoms with Crippen LogP contribution < -0.4 is 15.4 Å². The van der Waals surface area contributed by atoms with Crippen molar-refractivity contribution < 1.29 is 19.1 Å². The van der Waals surface area contributed by atoms with Gasteiger partial charge in [0.2, 0.25) is 5.91 Å². The number of nitrogens with zero attached hydrogens (tertiary/aromatic N) is 1. The van der Waals surface area contributed by atoms with E-state index in [2.05, 4.69) is 17.6 Å². The average molecular weight is 440 g/mol. The molecule has 0 unspecified atom stereocenters. The number of unbranched alkanes of at least 4 members (excludes halogenated alkanes) is 3. The summed E-state index contributed by atoms with van der Waals surface area (Å²) < 4.78 is 11.1. The lowest BCUT2D eigenvalue weighted by molar-refractivity contribution is -0.114. The molecule has 2 amide bonds. The Balaban J connectivity index is 1.42. The number of morpholine rings is 1. The summed E-state index contributed by atoms with van der Waals surface area (Å²) in [6.07, 6.45) is 4.62. The minimum absolute atomic E-state index is 0.00468. The molecule has 2 aromatic carbocycles. The minimum Gasteiger partial charge on any atom is -0.494 e. The zero-order valence-electron chi connectivity index (χ0n) is 18.8. The van der Waals surface area contributed by atoms with Gasteiger partial charge in [0.25, 0.3) is 5.91 Å². The predicted octanol–water partition coefficient (Wildman–Crippen LogP) is 4.17. The van der Waals surface area contributed by atoms with E-state index in [9.17, 15) is 9.59 Å². The molecule has 1 aliphatic heterocycles. The fourth-order valence-corrected chi connectivity index (χ4v) is 3.45. The summed E-state index contributed by atoms with van der Waals surface area (Å²) in [5.41, 5.74) is 2.12. The number of hydrogen-bond donors (Lipinski definition) is 2. The molecule has 0 aromatic heterocycles. The Morgan fingerprint density at radius 2 is 1.78 bits per heavy atom. The highest BCUT2D eigenvalue weighted by Crippen LogP contribution is 2.18. The molecule has 0 radical (unpaired) electrons. The highest BCUT2D eigenvalue weighted by Gasteiger charge is 2.18. The summed E-state index contributed by atoms with van der Waals surface area (Å²) in [5, 5.41) is 5.97. The second kappa shape index (κ2) is 12.7. The fraction of sp³-hybridized carbons (Fsp3) is 0.440. The van der Waals surface area contributed by atoms with Crippen molar-refractivity contribution >= 4 is 23.2 Å². The first kappa shape index (κ1) is 23.6. The van der Waals surface area contributed by atoms with E-state index in [0.717, 1.165) is 17.9 Å². The summed E-state index contributed by atoms with van der Waals surface area (Å²) >= 11 is 0. The molecule has 7 heteroatoms. The van der Waals surface area contributed by atoms with Gasteiger partial charge in [0, 0.05) is 36.1 Å². The standard InChI is InChI=1S/C25H33N3O4/c1-2-3-4-5-15-32-23-8-6-7-22(18-23)27-24(29)19-26-21-11-9-20(10-12-21)25(30)28-13-16-31-17-14-28/h6-12,18,26H,2-5,13-17,19H2,1H3,(H,27,29). The normalized spacial score (nSPS) is 13.5. The topological polar surface area (TPSA) is 79.9 Å². The first-order valence-corrected chi connectivity index (χ1v) is 11.4. The number of anilines is 2. The Kier molecular flexibility index (Phi) is 9.37. The molecule has 0 atom stereocenters. The van der Waals surface area contributed by atoms with E-state index >= 15 is 0 Å². The van der Waals surface area contributed by atoms with Crippen molar-refractivity contribution in [3.63, 3.8) is 0 Å². The Morgan fingerprint density at radius 1 is 1.00 bits per heavy atom. The van der Waals surface area contributed by atoms with Gasteiger partial charge < -0.3 is 25.0 Å². The van der Waals surface area contributed by atoms with Gasteiger partial charge in [-0.1, -0.05) is 32.3 Å². The molecule has 7 nitrogen and oxygen atoms in total. The van der Waals surface area contributed by atoms with Gasteiger partial charge in [-0.25, -0.2) is 0 Å². The van der Waals surface area contributed by atoms with Crippen molar-refractivity contribution in [1.29, 1.82) is 0 Å². The maximum Gasteiger partial charge on any atom is 0.254 e. The lowest BCUT2D eigenvalue weighted by atomic mass is 10.1. The first-order chi connectivity index (χ1) is 15.7. The van der Waals surface area contributed by atoms with Gasteiger partial charge in [-0.3, -0.25) is 9.59 Å². The second-order valence-electron chi connectivity index (χ2n) is 7.82. The smallest absolute Gasteiger partial charge is 0.254 e. The third kappa shape index (κ3) is 7.57. The number of carbonyl (C=O) groups is 2. The van der Waals surface area contributed by atoms with Crippen LogP contribution in [-0.4, -0.2) is 56.2 Å². The van der Waals surface area contributed by atoms with Gasteiger partial charge in [-0.05, 0) is 42.8 Å². The molecule has 3 rings (SSSR count). The van der Waals surface area contributed by atoms with Crippen LogP contribution in [0.5, 0.6) is 5.75 Å². The number of amides is 2. The molecule has 0 aliphatic carbocycles. The third-order valence-corrected chi connectivity index (χ3v) is 5.27. The number of carbonyl (C=O) groups excluding carboxylic acids is 2. The van der Waals surface area contributed by atoms with Gasteiger partial charge in [0.1, 0.15) is 5.75 Å². The van der Waals surface area contributed by atoms with Crippen LogP contribution in [-0.2, 0) is 9.53 Å². The molecule has 32 heavy (non-hydrogen) atoms. The number of nitrogens with one attached hydrogen (secondary N) is 2. The van der Waals surface area contributed by atoms with Crippen LogP contribution in [0.1, 0.15) is 43.0 Å². The van der Waals surface area contributed by atoms with Gasteiger partial charge in [-0.15, -0.1) is 0 Å². The zero-order chi connectivity index (χ0) is 22.6. The van der Waals surface area contributed by atoms with E-state index in [0.29, 0.717) is 44.2 Å². The monoisotopic (exact) mass is 439 g/mol. The summed E-state index contributed by atoms with van der Waals surface area (Å²) in [6.45, 7) is 5.38. The molecular weight excluding hydrogens is 406 g/mol. The summed E-state index contributed by atoms with van der Waals surface area (Å²) in [5.74, 6) is 0.608. The Morgan fingerprint density at radius 3 is 2.53 bits per heavy atom. The number of ether oxygens (including phenoxy) is 2. The van der Waals surface area contributed by atoms with Gasteiger partial charge in [0.05, 0.1) is 26.4 Å². The SMILES string of the molecule is CCCCCCOc1cccc(NC(=O)CNc2ccc(C(=O)N3CCOCC3)cc2)c1. The molecule has 0 saturated carbocycles. The molecular formula is C25H33N3O4. The maximum atomic E-state index is 12.5. The van der Waals surface area contributed by atoms with Gasteiger partial charge >= 0.3 is 0 Å². The van der Waals surface area contributed by atoms with Crippen molar-refractivity contribution in [2.24, 2.45) is 0 Å². The Labute approximate surface area is 190 Å². The summed E-state index contributed by atoms with van der Waals surface area (Å²) in [4.78, 5) is 26.6. The van der Waals surface area contributed by atoms with Crippen molar-refractivity contribution in [3.05, 3.63) is 54.1 Å². The van der Waals surface area contributed by atoms with Crippen LogP contribution in [0.25, 0.3) is 0 Å². The average Bonchev–Trinajstić information content (AvgIpc) is 2.83. The van der Waals surface area contributed by atoms with E-state index in [1.807, 2.05) is 36.4 Å². The number of benzene rings is 2. The molecule has 1 fully saturated rings. The van der Waals surface area contributed by atoms with E-state index < -0.39 is 0 Å². The minimum atomic E-state index is -0.154. The van der Waals surface area contributed by atoms with Crippen LogP contribution in [0.4, 0.5) is 11.4 Å². The number of hydrogen-bond acceptors (Lipinski definition) is 5. The molecule has 1 heterocycles. The lowest BCUT2D eigenvalue weighted by Crippen LogP contribution is -2.40. The van der Waals surface area contributed by atoms with E-state index in [1.165, 1.54) is 19.3 Å². The van der Waals surface area contributed by atoms with Crippen molar-refractivity contribution in [3.8, 4) is 5.75 Å². The molecule has 0 bridgehead atoms.